The maximum Gasteiger partial charge on any atom is 0.321 e. The smallest absolute Gasteiger partial charge is 0.321 e. The number of carbonyl (C=O) groups excluding carboxylic acids is 2. The van der Waals surface area contributed by atoms with Crippen molar-refractivity contribution in [2.75, 3.05) is 18.4 Å². The molecule has 0 atom stereocenters. The van der Waals surface area contributed by atoms with Crippen LogP contribution in [0.3, 0.4) is 0 Å². The fraction of sp³-hybridized carbons (Fsp3) is 0.500. The van der Waals surface area contributed by atoms with Crippen LogP contribution in [0.2, 0.25) is 0 Å². The first-order valence-corrected chi connectivity index (χ1v) is 8.74. The number of aryl methyl sites for hydroxylation is 1. The fourth-order valence-corrected chi connectivity index (χ4v) is 3.22. The number of hydrogen-bond donors (Lipinski definition) is 3. The van der Waals surface area contributed by atoms with E-state index in [4.69, 9.17) is 0 Å². The summed E-state index contributed by atoms with van der Waals surface area (Å²) in [6, 6.07) is 3.86. The first kappa shape index (κ1) is 17.3. The summed E-state index contributed by atoms with van der Waals surface area (Å²) < 4.78 is 0. The van der Waals surface area contributed by atoms with Crippen LogP contribution in [-0.4, -0.2) is 46.2 Å². The van der Waals surface area contributed by atoms with Crippen molar-refractivity contribution in [2.24, 2.45) is 5.92 Å². The lowest BCUT2D eigenvalue weighted by Gasteiger charge is -2.31. The number of fused-ring (bicyclic) bond motifs is 1. The van der Waals surface area contributed by atoms with E-state index in [1.165, 1.54) is 0 Å². The van der Waals surface area contributed by atoms with Crippen LogP contribution in [0.15, 0.2) is 18.3 Å². The van der Waals surface area contributed by atoms with Gasteiger partial charge in [0.25, 0.3) is 0 Å². The quantitative estimate of drug-likeness (QED) is 0.800. The molecule has 1 aliphatic heterocycles. The van der Waals surface area contributed by atoms with Crippen molar-refractivity contribution in [1.29, 1.82) is 0 Å². The summed E-state index contributed by atoms with van der Waals surface area (Å²) >= 11 is 0. The average Bonchev–Trinajstić information content (AvgIpc) is 3.08. The van der Waals surface area contributed by atoms with Gasteiger partial charge in [-0.05, 0) is 45.2 Å². The minimum absolute atomic E-state index is 0.00913. The summed E-state index contributed by atoms with van der Waals surface area (Å²) in [6.45, 7) is 7.09. The molecule has 3 rings (SSSR count). The number of H-pyrrole nitrogens is 1. The number of aromatic nitrogens is 2. The van der Waals surface area contributed by atoms with Gasteiger partial charge in [0.1, 0.15) is 0 Å². The summed E-state index contributed by atoms with van der Waals surface area (Å²) in [5, 5.41) is 13.9. The van der Waals surface area contributed by atoms with Gasteiger partial charge in [-0.25, -0.2) is 4.79 Å². The average molecular weight is 343 g/mol. The Balaban J connectivity index is 1.60. The third kappa shape index (κ3) is 3.75. The highest BCUT2D eigenvalue weighted by molar-refractivity contribution is 6.00. The number of hydrogen-bond acceptors (Lipinski definition) is 3. The standard InChI is InChI=1S/C18H25N5O2/c1-11(2)20-17(24)13-6-8-23(9-7-13)18(25)21-15-5-4-12(3)14-10-19-22-16(14)15/h4-5,10-11,13H,6-9H2,1-3H3,(H,19,22)(H,20,24)(H,21,25). The van der Waals surface area contributed by atoms with Gasteiger partial charge in [-0.1, -0.05) is 6.07 Å². The molecule has 1 aromatic heterocycles. The van der Waals surface area contributed by atoms with Gasteiger partial charge in [0.05, 0.1) is 17.4 Å². The number of carbonyl (C=O) groups is 2. The zero-order chi connectivity index (χ0) is 18.0. The monoisotopic (exact) mass is 343 g/mol. The van der Waals surface area contributed by atoms with Crippen molar-refractivity contribution in [3.8, 4) is 0 Å². The number of aromatic amines is 1. The van der Waals surface area contributed by atoms with Gasteiger partial charge in [0, 0.05) is 30.4 Å². The van der Waals surface area contributed by atoms with Crippen LogP contribution in [0.25, 0.3) is 10.9 Å². The first-order valence-electron chi connectivity index (χ1n) is 8.74. The van der Waals surface area contributed by atoms with E-state index >= 15 is 0 Å². The molecule has 1 aromatic carbocycles. The predicted octanol–water partition coefficient (Wildman–Crippen LogP) is 2.64. The van der Waals surface area contributed by atoms with Crippen molar-refractivity contribution >= 4 is 28.5 Å². The summed E-state index contributed by atoms with van der Waals surface area (Å²) in [6.07, 6.45) is 3.15. The van der Waals surface area contributed by atoms with Crippen LogP contribution >= 0.6 is 0 Å². The molecule has 25 heavy (non-hydrogen) atoms. The molecule has 0 saturated carbocycles. The van der Waals surface area contributed by atoms with Crippen LogP contribution in [0.5, 0.6) is 0 Å². The first-order chi connectivity index (χ1) is 12.0. The molecule has 7 nitrogen and oxygen atoms in total. The van der Waals surface area contributed by atoms with Gasteiger partial charge in [-0.3, -0.25) is 9.89 Å². The molecule has 0 radical (unpaired) electrons. The highest BCUT2D eigenvalue weighted by Crippen LogP contribution is 2.25. The van der Waals surface area contributed by atoms with Crippen LogP contribution in [0, 0.1) is 12.8 Å². The summed E-state index contributed by atoms with van der Waals surface area (Å²) in [4.78, 5) is 26.4. The van der Waals surface area contributed by atoms with E-state index in [9.17, 15) is 9.59 Å². The Hall–Kier alpha value is -2.57. The molecule has 0 aliphatic carbocycles. The number of amides is 3. The molecule has 1 saturated heterocycles. The van der Waals surface area contributed by atoms with Gasteiger partial charge in [-0.15, -0.1) is 0 Å². The number of nitrogens with zero attached hydrogens (tertiary/aromatic N) is 2. The van der Waals surface area contributed by atoms with Crippen molar-refractivity contribution in [1.82, 2.24) is 20.4 Å². The Morgan fingerprint density at radius 1 is 1.28 bits per heavy atom. The number of urea groups is 1. The molecule has 3 amide bonds. The van der Waals surface area contributed by atoms with E-state index in [0.717, 1.165) is 22.2 Å². The molecule has 0 unspecified atom stereocenters. The van der Waals surface area contributed by atoms with Gasteiger partial charge in [-0.2, -0.15) is 5.10 Å². The number of benzene rings is 1. The fourth-order valence-electron chi connectivity index (χ4n) is 3.22. The molecular weight excluding hydrogens is 318 g/mol. The highest BCUT2D eigenvalue weighted by Gasteiger charge is 2.27. The molecule has 2 heterocycles. The maximum atomic E-state index is 12.6. The van der Waals surface area contributed by atoms with Crippen LogP contribution in [0.1, 0.15) is 32.3 Å². The Morgan fingerprint density at radius 2 is 2.00 bits per heavy atom. The van der Waals surface area contributed by atoms with Crippen molar-refractivity contribution in [3.63, 3.8) is 0 Å². The number of nitrogens with one attached hydrogen (secondary N) is 3. The second-order valence-electron chi connectivity index (χ2n) is 6.94. The van der Waals surface area contributed by atoms with Gasteiger partial charge in [0.2, 0.25) is 5.91 Å². The minimum Gasteiger partial charge on any atom is -0.354 e. The van der Waals surface area contributed by atoms with E-state index in [2.05, 4.69) is 20.8 Å². The second kappa shape index (κ2) is 7.13. The number of rotatable bonds is 3. The molecule has 1 fully saturated rings. The lowest BCUT2D eigenvalue weighted by molar-refractivity contribution is -0.126. The highest BCUT2D eigenvalue weighted by atomic mass is 16.2. The van der Waals surface area contributed by atoms with Crippen LogP contribution in [-0.2, 0) is 4.79 Å². The number of likely N-dealkylation sites (tertiary alicyclic amines) is 1. The summed E-state index contributed by atoms with van der Waals surface area (Å²) in [5.74, 6) is 0.0814. The number of anilines is 1. The molecular formula is C18H25N5O2. The van der Waals surface area contributed by atoms with E-state index in [0.29, 0.717) is 25.9 Å². The van der Waals surface area contributed by atoms with Gasteiger partial charge >= 0.3 is 6.03 Å². The third-order valence-corrected chi connectivity index (χ3v) is 4.66. The van der Waals surface area contributed by atoms with E-state index in [1.807, 2.05) is 32.9 Å². The lowest BCUT2D eigenvalue weighted by Crippen LogP contribution is -2.45. The minimum atomic E-state index is -0.137. The zero-order valence-corrected chi connectivity index (χ0v) is 14.9. The third-order valence-electron chi connectivity index (χ3n) is 4.66. The maximum absolute atomic E-state index is 12.6. The molecule has 0 spiro atoms. The Kier molecular flexibility index (Phi) is 4.92. The van der Waals surface area contributed by atoms with Crippen molar-refractivity contribution < 1.29 is 9.59 Å². The Morgan fingerprint density at radius 3 is 2.68 bits per heavy atom. The number of piperidine rings is 1. The van der Waals surface area contributed by atoms with Crippen molar-refractivity contribution in [3.05, 3.63) is 23.9 Å². The van der Waals surface area contributed by atoms with Crippen molar-refractivity contribution in [2.45, 2.75) is 39.7 Å². The zero-order valence-electron chi connectivity index (χ0n) is 14.9. The Labute approximate surface area is 147 Å². The predicted molar refractivity (Wildman–Crippen MR) is 97.4 cm³/mol. The van der Waals surface area contributed by atoms with Gasteiger partial charge in [0.15, 0.2) is 0 Å². The van der Waals surface area contributed by atoms with E-state index < -0.39 is 0 Å². The van der Waals surface area contributed by atoms with E-state index in [-0.39, 0.29) is 23.9 Å². The summed E-state index contributed by atoms with van der Waals surface area (Å²) in [5.41, 5.74) is 2.67. The molecule has 7 heteroatoms. The Bertz CT molecular complexity index is 775. The van der Waals surface area contributed by atoms with E-state index in [1.54, 1.807) is 11.1 Å². The van der Waals surface area contributed by atoms with Crippen LogP contribution in [0.4, 0.5) is 10.5 Å². The lowest BCUT2D eigenvalue weighted by atomic mass is 9.96. The molecule has 2 aromatic rings. The second-order valence-corrected chi connectivity index (χ2v) is 6.94. The molecule has 134 valence electrons. The molecule has 1 aliphatic rings. The largest absolute Gasteiger partial charge is 0.354 e. The molecule has 3 N–H and O–H groups in total. The SMILES string of the molecule is Cc1ccc(NC(=O)N2CCC(C(=O)NC(C)C)CC2)c2[nH]ncc12. The topological polar surface area (TPSA) is 90.1 Å². The molecule has 0 bridgehead atoms. The summed E-state index contributed by atoms with van der Waals surface area (Å²) in [7, 11) is 0. The normalized spacial score (nSPS) is 15.6. The van der Waals surface area contributed by atoms with Gasteiger partial charge < -0.3 is 15.5 Å². The van der Waals surface area contributed by atoms with Crippen LogP contribution < -0.4 is 10.6 Å².